The molecule has 0 heterocycles. The molecule has 0 bridgehead atoms. The minimum atomic E-state index is -0.657. The number of carbonyl (C=O) groups is 2. The van der Waals surface area contributed by atoms with E-state index >= 15 is 0 Å². The highest BCUT2D eigenvalue weighted by atomic mass is 16.7. The predicted molar refractivity (Wildman–Crippen MR) is 130 cm³/mol. The van der Waals surface area contributed by atoms with E-state index in [-0.39, 0.29) is 11.5 Å². The van der Waals surface area contributed by atoms with Gasteiger partial charge >= 0.3 is 11.9 Å². The van der Waals surface area contributed by atoms with Crippen molar-refractivity contribution < 1.29 is 28.5 Å². The van der Waals surface area contributed by atoms with Gasteiger partial charge in [0.1, 0.15) is 5.60 Å². The fraction of sp³-hybridized carbons (Fsp3) is 0.704. The SMILES string of the molecule is CCCC(C)(C)OC(=O)c1ccc(C(=O)OC(C)OCCCCOC(C)C(C)(C)CC)cc1. The summed E-state index contributed by atoms with van der Waals surface area (Å²) < 4.78 is 22.4. The number of ether oxygens (including phenoxy) is 4. The van der Waals surface area contributed by atoms with Crippen molar-refractivity contribution in [1.82, 2.24) is 0 Å². The van der Waals surface area contributed by atoms with Gasteiger partial charge in [0.25, 0.3) is 0 Å². The Labute approximate surface area is 200 Å². The molecule has 0 aromatic heterocycles. The van der Waals surface area contributed by atoms with Crippen LogP contribution in [0.25, 0.3) is 0 Å². The lowest BCUT2D eigenvalue weighted by molar-refractivity contribution is -0.100. The van der Waals surface area contributed by atoms with E-state index < -0.39 is 23.8 Å². The van der Waals surface area contributed by atoms with Crippen LogP contribution in [0.2, 0.25) is 0 Å². The van der Waals surface area contributed by atoms with Crippen LogP contribution in [0.4, 0.5) is 0 Å². The smallest absolute Gasteiger partial charge is 0.340 e. The van der Waals surface area contributed by atoms with Gasteiger partial charge in [-0.2, -0.15) is 0 Å². The van der Waals surface area contributed by atoms with E-state index in [0.29, 0.717) is 24.3 Å². The van der Waals surface area contributed by atoms with Crippen LogP contribution in [0.15, 0.2) is 24.3 Å². The third kappa shape index (κ3) is 10.7. The van der Waals surface area contributed by atoms with Gasteiger partial charge in [0, 0.05) is 6.61 Å². The Morgan fingerprint density at radius 3 is 1.88 bits per heavy atom. The van der Waals surface area contributed by atoms with Gasteiger partial charge in [-0.1, -0.05) is 34.1 Å². The topological polar surface area (TPSA) is 71.1 Å². The molecule has 1 rings (SSSR count). The number of rotatable bonds is 15. The zero-order valence-electron chi connectivity index (χ0n) is 21.9. The lowest BCUT2D eigenvalue weighted by Gasteiger charge is -2.30. The number of benzene rings is 1. The first kappa shape index (κ1) is 29.1. The summed E-state index contributed by atoms with van der Waals surface area (Å²) in [6.07, 6.45) is 4.04. The Bertz CT molecular complexity index is 723. The minimum Gasteiger partial charge on any atom is -0.456 e. The van der Waals surface area contributed by atoms with Crippen LogP contribution in [0.5, 0.6) is 0 Å². The third-order valence-electron chi connectivity index (χ3n) is 6.12. The molecule has 0 saturated carbocycles. The van der Waals surface area contributed by atoms with Crippen molar-refractivity contribution in [2.24, 2.45) is 5.41 Å². The van der Waals surface area contributed by atoms with Crippen molar-refractivity contribution in [3.8, 4) is 0 Å². The first-order chi connectivity index (χ1) is 15.4. The summed E-state index contributed by atoms with van der Waals surface area (Å²) >= 11 is 0. The van der Waals surface area contributed by atoms with Crippen LogP contribution in [-0.4, -0.2) is 43.1 Å². The summed E-state index contributed by atoms with van der Waals surface area (Å²) in [6.45, 7) is 17.4. The zero-order valence-corrected chi connectivity index (χ0v) is 21.9. The Morgan fingerprint density at radius 2 is 1.36 bits per heavy atom. The number of hydrogen-bond donors (Lipinski definition) is 0. The molecular formula is C27H44O6. The summed E-state index contributed by atoms with van der Waals surface area (Å²) in [5.41, 5.74) is 0.408. The molecule has 0 spiro atoms. The van der Waals surface area contributed by atoms with Crippen molar-refractivity contribution in [3.05, 3.63) is 35.4 Å². The Balaban J connectivity index is 2.36. The normalized spacial score (nSPS) is 13.9. The number of unbranched alkanes of at least 4 members (excludes halogenated alkanes) is 1. The number of esters is 2. The van der Waals surface area contributed by atoms with Gasteiger partial charge in [-0.3, -0.25) is 0 Å². The second-order valence-corrected chi connectivity index (χ2v) is 9.88. The van der Waals surface area contributed by atoms with Crippen LogP contribution < -0.4 is 0 Å². The highest BCUT2D eigenvalue weighted by molar-refractivity contribution is 5.93. The average Bonchev–Trinajstić information content (AvgIpc) is 2.75. The van der Waals surface area contributed by atoms with Crippen molar-refractivity contribution in [2.75, 3.05) is 13.2 Å². The van der Waals surface area contributed by atoms with Crippen LogP contribution >= 0.6 is 0 Å². The molecule has 6 nitrogen and oxygen atoms in total. The van der Waals surface area contributed by atoms with Crippen LogP contribution in [0.1, 0.15) is 108 Å². The first-order valence-corrected chi connectivity index (χ1v) is 12.2. The van der Waals surface area contributed by atoms with Gasteiger partial charge in [0.2, 0.25) is 0 Å². The van der Waals surface area contributed by atoms with E-state index in [0.717, 1.165) is 32.1 Å². The molecule has 6 heteroatoms. The van der Waals surface area contributed by atoms with E-state index in [9.17, 15) is 9.59 Å². The maximum Gasteiger partial charge on any atom is 0.340 e. The molecule has 33 heavy (non-hydrogen) atoms. The first-order valence-electron chi connectivity index (χ1n) is 12.2. The quantitative estimate of drug-likeness (QED) is 0.166. The van der Waals surface area contributed by atoms with E-state index in [1.807, 2.05) is 20.8 Å². The highest BCUT2D eigenvalue weighted by Crippen LogP contribution is 2.27. The van der Waals surface area contributed by atoms with Gasteiger partial charge in [0.15, 0.2) is 6.29 Å². The van der Waals surface area contributed by atoms with Gasteiger partial charge < -0.3 is 18.9 Å². The molecule has 1 aromatic rings. The summed E-state index contributed by atoms with van der Waals surface area (Å²) in [4.78, 5) is 24.7. The molecule has 0 N–H and O–H groups in total. The maximum absolute atomic E-state index is 12.3. The molecule has 188 valence electrons. The van der Waals surface area contributed by atoms with Gasteiger partial charge in [-0.05, 0) is 83.1 Å². The largest absolute Gasteiger partial charge is 0.456 e. The van der Waals surface area contributed by atoms with Crippen molar-refractivity contribution in [2.45, 2.75) is 105 Å². The lowest BCUT2D eigenvalue weighted by Crippen LogP contribution is -2.29. The Hall–Kier alpha value is -1.92. The second kappa shape index (κ2) is 13.7. The fourth-order valence-corrected chi connectivity index (χ4v) is 3.18. The fourth-order valence-electron chi connectivity index (χ4n) is 3.18. The van der Waals surface area contributed by atoms with Crippen molar-refractivity contribution >= 4 is 11.9 Å². The molecule has 0 aliphatic rings. The number of hydrogen-bond acceptors (Lipinski definition) is 6. The second-order valence-electron chi connectivity index (χ2n) is 9.88. The Morgan fingerprint density at radius 1 is 0.848 bits per heavy atom. The van der Waals surface area contributed by atoms with Gasteiger partial charge in [-0.15, -0.1) is 0 Å². The standard InChI is InChI=1S/C27H44O6/c1-9-17-27(7,8)33-25(29)23-15-13-22(14-16-23)24(28)32-21(4)31-19-12-11-18-30-20(3)26(5,6)10-2/h13-16,20-21H,9-12,17-19H2,1-8H3. The number of carbonyl (C=O) groups excluding carboxylic acids is 2. The van der Waals surface area contributed by atoms with Crippen LogP contribution in [-0.2, 0) is 18.9 Å². The molecule has 0 amide bonds. The Kier molecular flexibility index (Phi) is 12.1. The molecule has 2 atom stereocenters. The van der Waals surface area contributed by atoms with E-state index in [1.165, 1.54) is 0 Å². The molecular weight excluding hydrogens is 420 g/mol. The zero-order chi connectivity index (χ0) is 25.1. The third-order valence-corrected chi connectivity index (χ3v) is 6.12. The van der Waals surface area contributed by atoms with Gasteiger partial charge in [-0.25, -0.2) is 9.59 Å². The van der Waals surface area contributed by atoms with Crippen molar-refractivity contribution in [3.63, 3.8) is 0 Å². The summed E-state index contributed by atoms with van der Waals surface area (Å²) in [6, 6.07) is 6.28. The molecule has 0 radical (unpaired) electrons. The monoisotopic (exact) mass is 464 g/mol. The molecule has 0 aliphatic heterocycles. The maximum atomic E-state index is 12.3. The summed E-state index contributed by atoms with van der Waals surface area (Å²) in [5, 5.41) is 0. The lowest BCUT2D eigenvalue weighted by atomic mass is 9.85. The minimum absolute atomic E-state index is 0.170. The average molecular weight is 465 g/mol. The van der Waals surface area contributed by atoms with E-state index in [2.05, 4.69) is 27.7 Å². The van der Waals surface area contributed by atoms with Gasteiger partial charge in [0.05, 0.1) is 23.8 Å². The highest BCUT2D eigenvalue weighted by Gasteiger charge is 2.24. The summed E-state index contributed by atoms with van der Waals surface area (Å²) in [7, 11) is 0. The molecule has 0 saturated heterocycles. The van der Waals surface area contributed by atoms with Crippen LogP contribution in [0.3, 0.4) is 0 Å². The molecule has 1 aromatic carbocycles. The van der Waals surface area contributed by atoms with Crippen LogP contribution in [0, 0.1) is 5.41 Å². The molecule has 0 aliphatic carbocycles. The molecule has 2 unspecified atom stereocenters. The van der Waals surface area contributed by atoms with Crippen molar-refractivity contribution in [1.29, 1.82) is 0 Å². The molecule has 0 fully saturated rings. The predicted octanol–water partition coefficient (Wildman–Crippen LogP) is 6.56. The van der Waals surface area contributed by atoms with E-state index in [4.69, 9.17) is 18.9 Å². The summed E-state index contributed by atoms with van der Waals surface area (Å²) in [5.74, 6) is -0.894. The van der Waals surface area contributed by atoms with E-state index in [1.54, 1.807) is 31.2 Å².